The molecule has 0 aromatic heterocycles. The minimum absolute atomic E-state index is 0.173. The Kier molecular flexibility index (Phi) is 4.22. The summed E-state index contributed by atoms with van der Waals surface area (Å²) in [5, 5.41) is 22.5. The largest absolute Gasteiger partial charge is 0.514 e. The van der Waals surface area contributed by atoms with Crippen molar-refractivity contribution in [2.75, 3.05) is 0 Å². The predicted octanol–water partition coefficient (Wildman–Crippen LogP) is 2.34. The summed E-state index contributed by atoms with van der Waals surface area (Å²) in [5.41, 5.74) is -3.22. The van der Waals surface area contributed by atoms with Crippen LogP contribution in [0.4, 0.5) is 0 Å². The van der Waals surface area contributed by atoms with Crippen LogP contribution in [0.15, 0.2) is 58.4 Å². The van der Waals surface area contributed by atoms with Crippen molar-refractivity contribution < 1.29 is 18.3 Å². The van der Waals surface area contributed by atoms with Crippen LogP contribution >= 0.6 is 23.2 Å². The first-order valence-electron chi connectivity index (χ1n) is 5.95. The predicted molar refractivity (Wildman–Crippen MR) is 82.0 cm³/mol. The number of halogens is 2. The Morgan fingerprint density at radius 1 is 1.00 bits per heavy atom. The summed E-state index contributed by atoms with van der Waals surface area (Å²) in [6.07, 6.45) is 1.99. The summed E-state index contributed by atoms with van der Waals surface area (Å²) in [6.45, 7) is 0. The highest BCUT2D eigenvalue weighted by Gasteiger charge is 2.71. The van der Waals surface area contributed by atoms with Crippen molar-refractivity contribution >= 4 is 33.0 Å². The lowest BCUT2D eigenvalue weighted by Gasteiger charge is -2.26. The number of alkyl halides is 2. The molecule has 11 heteroatoms. The second-order valence-electron chi connectivity index (χ2n) is 4.56. The first-order chi connectivity index (χ1) is 10.6. The molecule has 0 unspecified atom stereocenters. The highest BCUT2D eigenvalue weighted by Crippen LogP contribution is 2.44. The van der Waals surface area contributed by atoms with Gasteiger partial charge in [-0.2, -0.15) is 0 Å². The van der Waals surface area contributed by atoms with E-state index in [9.17, 15) is 28.6 Å². The lowest BCUT2D eigenvalue weighted by Crippen LogP contribution is -2.58. The van der Waals surface area contributed by atoms with E-state index in [1.54, 1.807) is 6.07 Å². The van der Waals surface area contributed by atoms with Crippen LogP contribution in [0.25, 0.3) is 0 Å². The van der Waals surface area contributed by atoms with Gasteiger partial charge >= 0.3 is 5.66 Å². The van der Waals surface area contributed by atoms with Crippen LogP contribution in [0, 0.1) is 20.2 Å². The summed E-state index contributed by atoms with van der Waals surface area (Å²) in [6, 6.07) is 6.98. The molecular weight excluding hydrogens is 371 g/mol. The van der Waals surface area contributed by atoms with E-state index in [1.807, 2.05) is 0 Å². The number of hydrogen-bond acceptors (Lipinski definition) is 6. The third kappa shape index (κ3) is 2.60. The van der Waals surface area contributed by atoms with Gasteiger partial charge in [-0.25, -0.2) is 8.42 Å². The van der Waals surface area contributed by atoms with Gasteiger partial charge in [-0.3, -0.25) is 20.2 Å². The summed E-state index contributed by atoms with van der Waals surface area (Å²) in [7, 11) is -4.20. The lowest BCUT2D eigenvalue weighted by molar-refractivity contribution is -0.781. The molecule has 1 aliphatic carbocycles. The maximum absolute atomic E-state index is 12.5. The third-order valence-corrected chi connectivity index (χ3v) is 5.79. The molecule has 2 rings (SSSR count). The van der Waals surface area contributed by atoms with Crippen molar-refractivity contribution in [3.63, 3.8) is 0 Å². The molecule has 0 aliphatic heterocycles. The van der Waals surface area contributed by atoms with Gasteiger partial charge in [0, 0.05) is 0 Å². The molecule has 0 saturated carbocycles. The van der Waals surface area contributed by atoms with E-state index in [1.165, 1.54) is 24.3 Å². The molecule has 0 bridgehead atoms. The zero-order valence-corrected chi connectivity index (χ0v) is 13.5. The van der Waals surface area contributed by atoms with Crippen molar-refractivity contribution in [2.24, 2.45) is 0 Å². The smallest absolute Gasteiger partial charge is 0.258 e. The van der Waals surface area contributed by atoms with Crippen LogP contribution in [-0.4, -0.2) is 28.3 Å². The molecule has 0 radical (unpaired) electrons. The van der Waals surface area contributed by atoms with Gasteiger partial charge in [0.05, 0.1) is 15.9 Å². The van der Waals surface area contributed by atoms with Crippen LogP contribution in [0.2, 0.25) is 0 Å². The normalized spacial score (nSPS) is 19.0. The summed E-state index contributed by atoms with van der Waals surface area (Å²) < 4.78 is 22.4. The number of allylic oxidation sites excluding steroid dienone is 1. The van der Waals surface area contributed by atoms with E-state index in [0.717, 1.165) is 12.2 Å². The summed E-state index contributed by atoms with van der Waals surface area (Å²) >= 11 is 11.4. The molecule has 1 aromatic carbocycles. The molecule has 0 atom stereocenters. The lowest BCUT2D eigenvalue weighted by atomic mass is 10.0. The molecule has 0 saturated heterocycles. The molecule has 0 fully saturated rings. The molecule has 0 N–H and O–H groups in total. The van der Waals surface area contributed by atoms with Crippen LogP contribution in [0.3, 0.4) is 0 Å². The van der Waals surface area contributed by atoms with Crippen LogP contribution in [0.5, 0.6) is 0 Å². The number of sulfone groups is 1. The third-order valence-electron chi connectivity index (χ3n) is 3.21. The Bertz CT molecular complexity index is 818. The Balaban J connectivity index is 2.71. The first kappa shape index (κ1) is 17.4. The van der Waals surface area contributed by atoms with Crippen molar-refractivity contribution in [3.05, 3.63) is 73.7 Å². The number of benzene rings is 1. The second-order valence-corrected chi connectivity index (χ2v) is 7.90. The first-order valence-corrected chi connectivity index (χ1v) is 8.18. The van der Waals surface area contributed by atoms with Crippen molar-refractivity contribution in [1.82, 2.24) is 0 Å². The van der Waals surface area contributed by atoms with Gasteiger partial charge in [0.15, 0.2) is 0 Å². The van der Waals surface area contributed by atoms with E-state index in [2.05, 4.69) is 0 Å². The number of nitro groups is 2. The monoisotopic (exact) mass is 378 g/mol. The van der Waals surface area contributed by atoms with E-state index in [4.69, 9.17) is 23.2 Å². The fraction of sp³-hybridized carbons (Fsp3) is 0.167. The molecule has 8 nitrogen and oxygen atoms in total. The fourth-order valence-electron chi connectivity index (χ4n) is 1.97. The summed E-state index contributed by atoms with van der Waals surface area (Å²) in [4.78, 5) is 19.1. The molecule has 122 valence electrons. The van der Waals surface area contributed by atoms with Crippen molar-refractivity contribution in [2.45, 2.75) is 14.9 Å². The van der Waals surface area contributed by atoms with Crippen LogP contribution in [-0.2, 0) is 9.84 Å². The minimum Gasteiger partial charge on any atom is -0.258 e. The zero-order chi connectivity index (χ0) is 17.5. The molecule has 0 amide bonds. The number of nitrogens with zero attached hydrogens (tertiary/aromatic N) is 2. The maximum Gasteiger partial charge on any atom is 0.514 e. The topological polar surface area (TPSA) is 120 Å². The molecule has 1 aliphatic rings. The Hall–Kier alpha value is -1.97. The highest BCUT2D eigenvalue weighted by molar-refractivity contribution is 7.95. The molecular formula is C12H8Cl2N2O6S. The number of rotatable bonds is 4. The van der Waals surface area contributed by atoms with Gasteiger partial charge in [0.1, 0.15) is 9.85 Å². The van der Waals surface area contributed by atoms with Crippen LogP contribution in [0.1, 0.15) is 0 Å². The van der Waals surface area contributed by atoms with Crippen LogP contribution < -0.4 is 0 Å². The van der Waals surface area contributed by atoms with Gasteiger partial charge in [0.2, 0.25) is 9.84 Å². The van der Waals surface area contributed by atoms with Crippen molar-refractivity contribution in [3.8, 4) is 0 Å². The zero-order valence-electron chi connectivity index (χ0n) is 11.1. The molecule has 23 heavy (non-hydrogen) atoms. The summed E-state index contributed by atoms with van der Waals surface area (Å²) in [5.74, 6) is 0. The minimum atomic E-state index is -4.20. The standard InChI is InChI=1S/C12H8Cl2N2O6S/c13-11(14)7-6-10(8-12(11,15(17)18)16(19)20)23(21,22)9-4-2-1-3-5-9/h1-8H. The van der Waals surface area contributed by atoms with E-state index in [-0.39, 0.29) is 4.90 Å². The van der Waals surface area contributed by atoms with E-state index < -0.39 is 34.6 Å². The maximum atomic E-state index is 12.5. The Labute approximate surface area is 140 Å². The van der Waals surface area contributed by atoms with Gasteiger partial charge < -0.3 is 0 Å². The van der Waals surface area contributed by atoms with Gasteiger partial charge in [-0.05, 0) is 24.3 Å². The number of hydrogen-bond donors (Lipinski definition) is 0. The fourth-order valence-corrected chi connectivity index (χ4v) is 3.84. The Morgan fingerprint density at radius 3 is 2.00 bits per heavy atom. The average molecular weight is 379 g/mol. The molecule has 0 spiro atoms. The molecule has 0 heterocycles. The van der Waals surface area contributed by atoms with Crippen molar-refractivity contribution in [1.29, 1.82) is 0 Å². The van der Waals surface area contributed by atoms with Gasteiger partial charge in [-0.15, -0.1) is 0 Å². The molecule has 1 aromatic rings. The second kappa shape index (κ2) is 5.59. The average Bonchev–Trinajstić information content (AvgIpc) is 2.47. The van der Waals surface area contributed by atoms with E-state index in [0.29, 0.717) is 6.08 Å². The quantitative estimate of drug-likeness (QED) is 0.343. The van der Waals surface area contributed by atoms with Gasteiger partial charge in [-0.1, -0.05) is 41.4 Å². The van der Waals surface area contributed by atoms with Gasteiger partial charge in [0.25, 0.3) is 4.33 Å². The van der Waals surface area contributed by atoms with E-state index >= 15 is 0 Å². The SMILES string of the molecule is O=[N+]([O-])C1([N+](=O)[O-])C=C(S(=O)(=O)c2ccccc2)C=CC1(Cl)Cl. The highest BCUT2D eigenvalue weighted by atomic mass is 35.5. The Morgan fingerprint density at radius 2 is 1.52 bits per heavy atom.